The fourth-order valence-corrected chi connectivity index (χ4v) is 5.35. The number of aromatic nitrogens is 2. The molecule has 2 heterocycles. The summed E-state index contributed by atoms with van der Waals surface area (Å²) < 4.78 is 6.38. The number of hydrogen-bond donors (Lipinski definition) is 1. The van der Waals surface area contributed by atoms with Gasteiger partial charge in [-0.3, -0.25) is 9.59 Å². The quantitative estimate of drug-likeness (QED) is 0.260. The van der Waals surface area contributed by atoms with E-state index in [0.717, 1.165) is 11.1 Å². The maximum atomic E-state index is 13.6. The Balaban J connectivity index is 1.54. The van der Waals surface area contributed by atoms with Gasteiger partial charge in [0.1, 0.15) is 5.00 Å². The first-order valence-electron chi connectivity index (χ1n) is 12.2. The van der Waals surface area contributed by atoms with Crippen LogP contribution < -0.4 is 10.9 Å². The predicted molar refractivity (Wildman–Crippen MR) is 149 cm³/mol. The number of benzene rings is 3. The summed E-state index contributed by atoms with van der Waals surface area (Å²) in [5.41, 5.74) is 2.13. The molecular weight excluding hydrogens is 498 g/mol. The van der Waals surface area contributed by atoms with E-state index >= 15 is 0 Å². The number of carbonyl (C=O) groups is 2. The normalized spacial score (nSPS) is 11.0. The molecule has 0 radical (unpaired) electrons. The number of hydrogen-bond acceptors (Lipinski definition) is 6. The van der Waals surface area contributed by atoms with Gasteiger partial charge in [0.25, 0.3) is 5.56 Å². The number of nitrogens with one attached hydrogen (secondary N) is 1. The number of amides is 1. The van der Waals surface area contributed by atoms with E-state index in [9.17, 15) is 14.4 Å². The van der Waals surface area contributed by atoms with Crippen LogP contribution in [0.1, 0.15) is 40.9 Å². The number of anilines is 1. The van der Waals surface area contributed by atoms with Crippen LogP contribution in [0.25, 0.3) is 16.5 Å². The average molecular weight is 524 g/mol. The van der Waals surface area contributed by atoms with Crippen molar-refractivity contribution in [3.8, 4) is 5.69 Å². The molecule has 0 saturated carbocycles. The first kappa shape index (κ1) is 25.1. The molecule has 1 N–H and O–H groups in total. The number of ether oxygens (including phenoxy) is 1. The highest BCUT2D eigenvalue weighted by Gasteiger charge is 2.24. The summed E-state index contributed by atoms with van der Waals surface area (Å²) in [7, 11) is 0. The fourth-order valence-electron chi connectivity index (χ4n) is 4.40. The molecule has 3 aromatic carbocycles. The summed E-state index contributed by atoms with van der Waals surface area (Å²) in [6.45, 7) is 1.87. The zero-order valence-corrected chi connectivity index (χ0v) is 21.5. The molecule has 0 spiro atoms. The van der Waals surface area contributed by atoms with E-state index in [2.05, 4.69) is 10.4 Å². The van der Waals surface area contributed by atoms with E-state index in [1.165, 1.54) is 16.0 Å². The Morgan fingerprint density at radius 3 is 2.08 bits per heavy atom. The lowest BCUT2D eigenvalue weighted by molar-refractivity contribution is -0.116. The van der Waals surface area contributed by atoms with Crippen LogP contribution >= 0.6 is 11.3 Å². The molecule has 0 bridgehead atoms. The number of thiophene rings is 1. The zero-order chi connectivity index (χ0) is 26.5. The maximum Gasteiger partial charge on any atom is 0.359 e. The third-order valence-corrected chi connectivity index (χ3v) is 7.06. The summed E-state index contributed by atoms with van der Waals surface area (Å²) in [6, 6.07) is 28.5. The Bertz CT molecular complexity index is 1590. The second-order valence-corrected chi connectivity index (χ2v) is 9.48. The van der Waals surface area contributed by atoms with Crippen molar-refractivity contribution in [2.24, 2.45) is 0 Å². The van der Waals surface area contributed by atoms with Crippen LogP contribution in [-0.4, -0.2) is 28.3 Å². The number of rotatable bonds is 8. The van der Waals surface area contributed by atoms with Gasteiger partial charge in [-0.05, 0) is 30.2 Å². The molecule has 38 heavy (non-hydrogen) atoms. The minimum atomic E-state index is -0.633. The van der Waals surface area contributed by atoms with Gasteiger partial charge in [-0.25, -0.2) is 4.79 Å². The smallest absolute Gasteiger partial charge is 0.359 e. The molecule has 5 rings (SSSR count). The summed E-state index contributed by atoms with van der Waals surface area (Å²) in [4.78, 5) is 39.7. The monoisotopic (exact) mass is 523 g/mol. The van der Waals surface area contributed by atoms with Crippen LogP contribution in [-0.2, 0) is 9.53 Å². The lowest BCUT2D eigenvalue weighted by Gasteiger charge is -2.17. The Labute approximate surface area is 223 Å². The SMILES string of the molecule is CCOC(=O)c1nn(-c2ccccc2)c(=O)c2c(NC(=O)CC(c3ccccc3)c3ccccc3)scc12. The lowest BCUT2D eigenvalue weighted by atomic mass is 9.88. The minimum Gasteiger partial charge on any atom is -0.461 e. The van der Waals surface area contributed by atoms with Crippen LogP contribution in [0.3, 0.4) is 0 Å². The molecule has 5 aromatic rings. The lowest BCUT2D eigenvalue weighted by Crippen LogP contribution is -2.25. The van der Waals surface area contributed by atoms with Crippen molar-refractivity contribution in [1.82, 2.24) is 9.78 Å². The van der Waals surface area contributed by atoms with E-state index in [4.69, 9.17) is 4.74 Å². The molecule has 0 unspecified atom stereocenters. The standard InChI is InChI=1S/C30H25N3O4S/c1-2-37-30(36)27-24-19-38-28(26(24)29(35)33(32-27)22-16-10-5-11-17-22)31-25(34)18-23(20-12-6-3-7-13-20)21-14-8-4-9-15-21/h3-17,19,23H,2,18H2,1H3,(H,31,34). The third-order valence-electron chi connectivity index (χ3n) is 6.17. The molecule has 1 amide bonds. The summed E-state index contributed by atoms with van der Waals surface area (Å²) in [5, 5.41) is 9.87. The Hall–Kier alpha value is -4.56. The summed E-state index contributed by atoms with van der Waals surface area (Å²) in [5.74, 6) is -1.04. The van der Waals surface area contributed by atoms with E-state index in [1.807, 2.05) is 66.7 Å². The highest BCUT2D eigenvalue weighted by atomic mass is 32.1. The summed E-state index contributed by atoms with van der Waals surface area (Å²) >= 11 is 1.18. The molecule has 2 aromatic heterocycles. The van der Waals surface area contributed by atoms with Gasteiger partial charge in [0.05, 0.1) is 17.7 Å². The average Bonchev–Trinajstić information content (AvgIpc) is 3.37. The van der Waals surface area contributed by atoms with Gasteiger partial charge in [0.15, 0.2) is 5.69 Å². The van der Waals surface area contributed by atoms with Crippen molar-refractivity contribution in [2.45, 2.75) is 19.3 Å². The van der Waals surface area contributed by atoms with E-state index in [0.29, 0.717) is 16.1 Å². The van der Waals surface area contributed by atoms with Crippen molar-refractivity contribution in [1.29, 1.82) is 0 Å². The molecule has 0 atom stereocenters. The van der Waals surface area contributed by atoms with Crippen LogP contribution in [0.5, 0.6) is 0 Å². The van der Waals surface area contributed by atoms with Crippen LogP contribution in [0.15, 0.2) is 101 Å². The molecule has 7 nitrogen and oxygen atoms in total. The third kappa shape index (κ3) is 5.12. The minimum absolute atomic E-state index is 0.0218. The number of para-hydroxylation sites is 1. The highest BCUT2D eigenvalue weighted by molar-refractivity contribution is 7.16. The molecule has 8 heteroatoms. The van der Waals surface area contributed by atoms with Crippen molar-refractivity contribution in [3.05, 3.63) is 124 Å². The maximum absolute atomic E-state index is 13.6. The fraction of sp³-hybridized carbons (Fsp3) is 0.133. The second kappa shape index (κ2) is 11.2. The molecule has 0 fully saturated rings. The van der Waals surface area contributed by atoms with Crippen LogP contribution in [0.2, 0.25) is 0 Å². The van der Waals surface area contributed by atoms with Gasteiger partial charge in [0.2, 0.25) is 5.91 Å². The number of fused-ring (bicyclic) bond motifs is 1. The topological polar surface area (TPSA) is 90.3 Å². The Morgan fingerprint density at radius 1 is 0.921 bits per heavy atom. The Morgan fingerprint density at radius 2 is 1.50 bits per heavy atom. The molecule has 0 aliphatic rings. The molecular formula is C30H25N3O4S. The van der Waals surface area contributed by atoms with Gasteiger partial charge in [0, 0.05) is 23.1 Å². The van der Waals surface area contributed by atoms with Gasteiger partial charge in [-0.15, -0.1) is 11.3 Å². The van der Waals surface area contributed by atoms with Crippen molar-refractivity contribution >= 4 is 39.0 Å². The molecule has 190 valence electrons. The summed E-state index contributed by atoms with van der Waals surface area (Å²) in [6.07, 6.45) is 0.177. The number of nitrogens with zero attached hydrogens (tertiary/aromatic N) is 2. The molecule has 0 aliphatic carbocycles. The van der Waals surface area contributed by atoms with Crippen LogP contribution in [0.4, 0.5) is 5.00 Å². The largest absolute Gasteiger partial charge is 0.461 e. The van der Waals surface area contributed by atoms with E-state index in [1.54, 1.807) is 36.6 Å². The number of carbonyl (C=O) groups excluding carboxylic acids is 2. The number of esters is 1. The van der Waals surface area contributed by atoms with E-state index < -0.39 is 11.5 Å². The predicted octanol–water partition coefficient (Wildman–Crippen LogP) is 5.78. The Kier molecular flexibility index (Phi) is 7.42. The zero-order valence-electron chi connectivity index (χ0n) is 20.7. The first-order chi connectivity index (χ1) is 18.6. The van der Waals surface area contributed by atoms with Crippen molar-refractivity contribution in [3.63, 3.8) is 0 Å². The van der Waals surface area contributed by atoms with Crippen molar-refractivity contribution < 1.29 is 14.3 Å². The molecule has 0 saturated heterocycles. The second-order valence-electron chi connectivity index (χ2n) is 8.60. The van der Waals surface area contributed by atoms with Crippen molar-refractivity contribution in [2.75, 3.05) is 11.9 Å². The van der Waals surface area contributed by atoms with Crippen LogP contribution in [0, 0.1) is 0 Å². The van der Waals surface area contributed by atoms with Gasteiger partial charge in [-0.2, -0.15) is 9.78 Å². The first-order valence-corrected chi connectivity index (χ1v) is 13.1. The van der Waals surface area contributed by atoms with Gasteiger partial charge < -0.3 is 10.1 Å². The van der Waals surface area contributed by atoms with Gasteiger partial charge in [-0.1, -0.05) is 78.9 Å². The van der Waals surface area contributed by atoms with Gasteiger partial charge >= 0.3 is 5.97 Å². The highest BCUT2D eigenvalue weighted by Crippen LogP contribution is 2.33. The molecule has 0 aliphatic heterocycles. The van der Waals surface area contributed by atoms with E-state index in [-0.39, 0.29) is 35.9 Å².